The minimum Gasteiger partial charge on any atom is -1.00 e. The summed E-state index contributed by atoms with van der Waals surface area (Å²) in [6, 6.07) is 44.4. The van der Waals surface area contributed by atoms with E-state index in [1.54, 1.807) is 12.1 Å². The average Bonchev–Trinajstić information content (AvgIpc) is 4.27. The quantitative estimate of drug-likeness (QED) is 0.0511. The zero-order valence-electron chi connectivity index (χ0n) is 53.3. The molecule has 4 N–H and O–H groups in total. The maximum absolute atomic E-state index is 15.0. The number of hydrogen-bond acceptors (Lipinski definition) is 10. The highest BCUT2D eigenvalue weighted by molar-refractivity contribution is 5.95. The summed E-state index contributed by atoms with van der Waals surface area (Å²) in [5, 5.41) is 21.8. The number of nitrogens with one attached hydrogen (secondary N) is 4. The molecule has 2 unspecified atom stereocenters. The predicted octanol–water partition coefficient (Wildman–Crippen LogP) is 5.30. The van der Waals surface area contributed by atoms with Crippen LogP contribution in [0.3, 0.4) is 0 Å². The first-order chi connectivity index (χ1) is 42.2. The van der Waals surface area contributed by atoms with Crippen LogP contribution in [0.2, 0.25) is 0 Å². The summed E-state index contributed by atoms with van der Waals surface area (Å²) in [6.45, 7) is 19.1. The second kappa shape index (κ2) is 32.4. The molecule has 10 rings (SSSR count). The molecule has 4 aliphatic heterocycles. The summed E-state index contributed by atoms with van der Waals surface area (Å²) >= 11 is 0. The molecule has 6 aromatic carbocycles. The first kappa shape index (κ1) is 71.2. The second-order valence-corrected chi connectivity index (χ2v) is 26.2. The van der Waals surface area contributed by atoms with Crippen LogP contribution in [0, 0.1) is 11.6 Å². The molecule has 4 fully saturated rings. The zero-order valence-corrected chi connectivity index (χ0v) is 55.5. The molecule has 4 atom stereocenters. The number of aliphatic carboxylic acids is 1. The fraction of sp³-hybridized carbons (Fsp3) is 0.443. The molecule has 4 heterocycles. The van der Waals surface area contributed by atoms with Crippen molar-refractivity contribution in [1.82, 2.24) is 40.9 Å². The van der Waals surface area contributed by atoms with Crippen molar-refractivity contribution in [2.24, 2.45) is 0 Å². The van der Waals surface area contributed by atoms with Crippen LogP contribution in [0.4, 0.5) is 22.0 Å². The molecule has 90 heavy (non-hydrogen) atoms. The van der Waals surface area contributed by atoms with E-state index in [0.29, 0.717) is 59.5 Å². The Morgan fingerprint density at radius 2 is 0.944 bits per heavy atom. The first-order valence-corrected chi connectivity index (χ1v) is 31.0. The van der Waals surface area contributed by atoms with Crippen molar-refractivity contribution >= 4 is 17.8 Å². The Bertz CT molecular complexity index is 3160. The topological polar surface area (TPSA) is 135 Å². The number of likely N-dealkylation sites (tertiary alicyclic amines) is 2. The number of amides is 2. The van der Waals surface area contributed by atoms with Crippen LogP contribution in [0.25, 0.3) is 22.3 Å². The van der Waals surface area contributed by atoms with Crippen LogP contribution >= 0.6 is 0 Å². The largest absolute Gasteiger partial charge is 1.00 e. The summed E-state index contributed by atoms with van der Waals surface area (Å²) in [5.41, 5.74) is 10.5. The third-order valence-electron chi connectivity index (χ3n) is 17.4. The Labute approximate surface area is 546 Å². The van der Waals surface area contributed by atoms with Gasteiger partial charge in [-0.05, 0) is 133 Å². The molecule has 4 aliphatic rings. The molecule has 14 nitrogen and oxygen atoms in total. The average molecular weight is 1360 g/mol. The number of carboxylic acid groups (broad SMARTS) is 1. The van der Waals surface area contributed by atoms with Gasteiger partial charge in [0.05, 0.1) is 66.5 Å². The van der Waals surface area contributed by atoms with Crippen molar-refractivity contribution in [2.75, 3.05) is 108 Å². The number of benzene rings is 6. The number of carbonyl (C=O) groups is 3. The van der Waals surface area contributed by atoms with Gasteiger partial charge in [-0.15, -0.1) is 0 Å². The molecule has 0 aromatic heterocycles. The Morgan fingerprint density at radius 3 is 1.30 bits per heavy atom. The number of alkyl halides is 3. The highest BCUT2D eigenvalue weighted by atomic mass is 127. The van der Waals surface area contributed by atoms with Crippen molar-refractivity contribution in [3.63, 3.8) is 0 Å². The molecule has 0 saturated carbocycles. The van der Waals surface area contributed by atoms with E-state index in [0.717, 1.165) is 121 Å². The summed E-state index contributed by atoms with van der Waals surface area (Å²) in [6.07, 6.45) is -2.80. The van der Waals surface area contributed by atoms with Crippen molar-refractivity contribution < 1.29 is 74.4 Å². The van der Waals surface area contributed by atoms with Crippen molar-refractivity contribution in [2.45, 2.75) is 96.3 Å². The summed E-state index contributed by atoms with van der Waals surface area (Å²) in [4.78, 5) is 44.6. The van der Waals surface area contributed by atoms with Gasteiger partial charge in [-0.25, -0.2) is 8.78 Å². The normalized spacial score (nSPS) is 19.9. The zero-order chi connectivity index (χ0) is 64.0. The van der Waals surface area contributed by atoms with Gasteiger partial charge in [-0.1, -0.05) is 72.8 Å². The molecule has 6 aromatic rings. The fourth-order valence-corrected chi connectivity index (χ4v) is 12.6. The minimum atomic E-state index is -5.19. The highest BCUT2D eigenvalue weighted by Crippen LogP contribution is 2.29. The summed E-state index contributed by atoms with van der Waals surface area (Å²) < 4.78 is 63.6. The van der Waals surface area contributed by atoms with E-state index in [4.69, 9.17) is 9.90 Å². The Hall–Kier alpha value is -6.21. The van der Waals surface area contributed by atoms with Gasteiger partial charge in [0.25, 0.3) is 11.8 Å². The van der Waals surface area contributed by atoms with Gasteiger partial charge < -0.3 is 64.1 Å². The molecular weight excluding hydrogens is 1270 g/mol. The molecular formula is C70H90F5IN10O4. The Kier molecular flexibility index (Phi) is 25.6. The second-order valence-electron chi connectivity index (χ2n) is 26.2. The third-order valence-corrected chi connectivity index (χ3v) is 17.4. The maximum Gasteiger partial charge on any atom is 0.430 e. The molecule has 0 bridgehead atoms. The van der Waals surface area contributed by atoms with Crippen LogP contribution in [-0.2, 0) is 44.1 Å². The molecule has 486 valence electrons. The van der Waals surface area contributed by atoms with Gasteiger partial charge in [0, 0.05) is 126 Å². The number of nitrogens with zero attached hydrogens (tertiary/aromatic N) is 6. The van der Waals surface area contributed by atoms with Crippen LogP contribution in [0.5, 0.6) is 0 Å². The number of halogens is 6. The lowest BCUT2D eigenvalue weighted by Gasteiger charge is -2.31. The summed E-state index contributed by atoms with van der Waals surface area (Å²) in [7, 11) is 13.5. The van der Waals surface area contributed by atoms with Crippen LogP contribution in [0.15, 0.2) is 133 Å². The Morgan fingerprint density at radius 1 is 0.567 bits per heavy atom. The molecule has 2 amide bonds. The Balaban J connectivity index is 0.000000229. The van der Waals surface area contributed by atoms with Crippen molar-refractivity contribution in [3.05, 3.63) is 190 Å². The fourth-order valence-electron chi connectivity index (χ4n) is 12.6. The molecule has 4 saturated heterocycles. The van der Waals surface area contributed by atoms with Crippen molar-refractivity contribution in [3.8, 4) is 22.3 Å². The smallest absolute Gasteiger partial charge is 0.430 e. The van der Waals surface area contributed by atoms with Crippen LogP contribution < -0.4 is 50.4 Å². The number of hydrogen-bond donors (Lipinski definition) is 4. The van der Waals surface area contributed by atoms with Gasteiger partial charge >= 0.3 is 6.18 Å². The lowest BCUT2D eigenvalue weighted by atomic mass is 10.00. The highest BCUT2D eigenvalue weighted by Gasteiger charge is 2.35. The first-order valence-electron chi connectivity index (χ1n) is 31.0. The van der Waals surface area contributed by atoms with Gasteiger partial charge in [-0.3, -0.25) is 29.2 Å². The molecule has 20 heteroatoms. The van der Waals surface area contributed by atoms with E-state index in [1.165, 1.54) is 49.2 Å². The van der Waals surface area contributed by atoms with Gasteiger partial charge in [0.15, 0.2) is 0 Å². The molecule has 0 aliphatic carbocycles. The van der Waals surface area contributed by atoms with Gasteiger partial charge in [0.1, 0.15) is 17.6 Å². The predicted molar refractivity (Wildman–Crippen MR) is 339 cm³/mol. The number of rotatable bonds is 18. The minimum absolute atomic E-state index is 0. The van der Waals surface area contributed by atoms with E-state index in [1.807, 2.05) is 72.8 Å². The standard InChI is InChI=1S/2C34H44FN5O.C2HF3O2.HI/c2*1-25-21-39(15-14-36-25)23-28-8-5-9-29(17-28)32-19-26(11-12-33(32)35)20-37-34(41)30-10-6-7-27(18-30)22-38(2)31-13-16-40(3,4)24-31;3-2(4,5)1(6)7;/h2*5-12,17-19,25,31,36H,13-16,20-24H2,1-4H3;(H,6,7);1H/t2*25-,31?;;/m00../s1. The van der Waals surface area contributed by atoms with E-state index in [-0.39, 0.29) is 47.4 Å². The number of carboxylic acids is 1. The van der Waals surface area contributed by atoms with E-state index < -0.39 is 12.1 Å². The number of piperazine rings is 2. The van der Waals surface area contributed by atoms with Crippen LogP contribution in [-0.4, -0.2) is 184 Å². The lowest BCUT2D eigenvalue weighted by molar-refractivity contribution is -0.878. The molecule has 0 spiro atoms. The van der Waals surface area contributed by atoms with Crippen LogP contribution in [0.1, 0.15) is 80.8 Å². The third kappa shape index (κ3) is 21.4. The SMILES string of the molecule is C[C@H]1CN(Cc2cccc(-c3cc(CNC(=O)c4cccc(CN(C)C5CC[N+](C)(C)C5)c4)ccc3F)c2)CCN1.C[C@H]1CN(Cc2cccc(-c3cc(CNC(=O)c4cccc(CN(C)C5CC[N+](C)(C)C5)c4)ccc3F)c2)CCN1.O=C([O-])C(F)(F)F.[I-]. The van der Waals surface area contributed by atoms with E-state index in [9.17, 15) is 31.5 Å². The van der Waals surface area contributed by atoms with E-state index >= 15 is 0 Å². The molecule has 0 radical (unpaired) electrons. The number of quaternary nitrogens is 2. The maximum atomic E-state index is 15.0. The summed E-state index contributed by atoms with van der Waals surface area (Å²) in [5.74, 6) is -3.76. The number of likely N-dealkylation sites (N-methyl/N-ethyl adjacent to an activating group) is 4. The van der Waals surface area contributed by atoms with Gasteiger partial charge in [-0.2, -0.15) is 13.2 Å². The van der Waals surface area contributed by atoms with Gasteiger partial charge in [0.2, 0.25) is 0 Å². The van der Waals surface area contributed by atoms with Crippen molar-refractivity contribution in [1.29, 1.82) is 0 Å². The number of carbonyl (C=O) groups excluding carboxylic acids is 3. The monoisotopic (exact) mass is 1360 g/mol. The van der Waals surface area contributed by atoms with E-state index in [2.05, 4.69) is 133 Å². The lowest BCUT2D eigenvalue weighted by Crippen LogP contribution is -3.00.